The van der Waals surface area contributed by atoms with Gasteiger partial charge in [0.15, 0.2) is 5.17 Å². The Hall–Kier alpha value is -2.06. The SMILES string of the molecule is CS/C(=N\C#N)NCc1ccc2ccccc2n1. The second-order valence-electron chi connectivity index (χ2n) is 3.57. The zero-order valence-corrected chi connectivity index (χ0v) is 10.7. The summed E-state index contributed by atoms with van der Waals surface area (Å²) in [7, 11) is 0. The molecule has 2 aromatic rings. The first-order chi connectivity index (χ1) is 8.83. The predicted octanol–water partition coefficient (Wildman–Crippen LogP) is 2.52. The van der Waals surface area contributed by atoms with Gasteiger partial charge < -0.3 is 5.32 Å². The average molecular weight is 256 g/mol. The lowest BCUT2D eigenvalue weighted by molar-refractivity contribution is 0.892. The minimum absolute atomic E-state index is 0.562. The van der Waals surface area contributed by atoms with Crippen molar-refractivity contribution in [1.82, 2.24) is 10.3 Å². The molecule has 4 nitrogen and oxygen atoms in total. The van der Waals surface area contributed by atoms with E-state index in [0.717, 1.165) is 16.6 Å². The van der Waals surface area contributed by atoms with Crippen LogP contribution < -0.4 is 5.32 Å². The second kappa shape index (κ2) is 6.03. The van der Waals surface area contributed by atoms with E-state index in [4.69, 9.17) is 5.26 Å². The molecule has 0 unspecified atom stereocenters. The van der Waals surface area contributed by atoms with E-state index in [2.05, 4.69) is 15.3 Å². The van der Waals surface area contributed by atoms with E-state index in [0.29, 0.717) is 11.7 Å². The highest BCUT2D eigenvalue weighted by Gasteiger charge is 2.00. The maximum absolute atomic E-state index is 8.50. The van der Waals surface area contributed by atoms with Gasteiger partial charge in [-0.1, -0.05) is 36.0 Å². The Morgan fingerprint density at radius 2 is 2.22 bits per heavy atom. The molecule has 0 saturated carbocycles. The molecule has 0 spiro atoms. The third-order valence-electron chi connectivity index (χ3n) is 2.42. The third kappa shape index (κ3) is 2.99. The minimum atomic E-state index is 0.562. The number of aromatic nitrogens is 1. The molecule has 1 N–H and O–H groups in total. The largest absolute Gasteiger partial charge is 0.358 e. The Kier molecular flexibility index (Phi) is 4.15. The molecular weight excluding hydrogens is 244 g/mol. The molecule has 0 bridgehead atoms. The van der Waals surface area contributed by atoms with Gasteiger partial charge in [0.2, 0.25) is 6.19 Å². The lowest BCUT2D eigenvalue weighted by atomic mass is 10.2. The summed E-state index contributed by atoms with van der Waals surface area (Å²) in [4.78, 5) is 8.20. The van der Waals surface area contributed by atoms with Crippen molar-refractivity contribution in [2.75, 3.05) is 6.26 Å². The summed E-state index contributed by atoms with van der Waals surface area (Å²) < 4.78 is 0. The van der Waals surface area contributed by atoms with Crippen molar-refractivity contribution in [2.45, 2.75) is 6.54 Å². The number of benzene rings is 1. The molecular formula is C13H12N4S. The van der Waals surface area contributed by atoms with Gasteiger partial charge in [0, 0.05) is 5.39 Å². The van der Waals surface area contributed by atoms with Crippen LogP contribution in [0.2, 0.25) is 0 Å². The van der Waals surface area contributed by atoms with Crippen LogP contribution in [0, 0.1) is 11.5 Å². The number of rotatable bonds is 2. The van der Waals surface area contributed by atoms with E-state index in [1.54, 1.807) is 6.19 Å². The van der Waals surface area contributed by atoms with Gasteiger partial charge in [-0.15, -0.1) is 4.99 Å². The summed E-state index contributed by atoms with van der Waals surface area (Å²) >= 11 is 1.41. The highest BCUT2D eigenvalue weighted by Crippen LogP contribution is 2.11. The van der Waals surface area contributed by atoms with Gasteiger partial charge >= 0.3 is 0 Å². The number of pyridine rings is 1. The van der Waals surface area contributed by atoms with Crippen LogP contribution in [0.4, 0.5) is 0 Å². The van der Waals surface area contributed by atoms with Crippen LogP contribution in [0.15, 0.2) is 41.4 Å². The molecule has 1 aromatic carbocycles. The number of amidine groups is 1. The van der Waals surface area contributed by atoms with Crippen molar-refractivity contribution < 1.29 is 0 Å². The fourth-order valence-corrected chi connectivity index (χ4v) is 1.92. The first-order valence-electron chi connectivity index (χ1n) is 5.43. The van der Waals surface area contributed by atoms with Gasteiger partial charge in [-0.05, 0) is 18.4 Å². The first-order valence-corrected chi connectivity index (χ1v) is 6.65. The molecule has 0 saturated heterocycles. The van der Waals surface area contributed by atoms with Gasteiger partial charge in [-0.2, -0.15) is 5.26 Å². The van der Waals surface area contributed by atoms with Crippen molar-refractivity contribution in [3.63, 3.8) is 0 Å². The quantitative estimate of drug-likeness (QED) is 0.509. The summed E-state index contributed by atoms with van der Waals surface area (Å²) in [5, 5.41) is 13.3. The molecule has 1 aromatic heterocycles. The van der Waals surface area contributed by atoms with Crippen molar-refractivity contribution in [2.24, 2.45) is 4.99 Å². The van der Waals surface area contributed by atoms with Gasteiger partial charge in [0.25, 0.3) is 0 Å². The average Bonchev–Trinajstić information content (AvgIpc) is 2.43. The standard InChI is InChI=1S/C13H12N4S/c1-18-13(16-9-14)15-8-11-7-6-10-4-2-3-5-12(10)17-11/h2-7H,8H2,1H3,(H,15,16). The summed E-state index contributed by atoms with van der Waals surface area (Å²) in [6, 6.07) is 12.0. The molecule has 0 atom stereocenters. The number of nitrogens with zero attached hydrogens (tertiary/aromatic N) is 3. The van der Waals surface area contributed by atoms with Crippen LogP contribution in [-0.4, -0.2) is 16.4 Å². The van der Waals surface area contributed by atoms with Crippen LogP contribution >= 0.6 is 11.8 Å². The molecule has 0 fully saturated rings. The second-order valence-corrected chi connectivity index (χ2v) is 4.36. The van der Waals surface area contributed by atoms with E-state index >= 15 is 0 Å². The highest BCUT2D eigenvalue weighted by atomic mass is 32.2. The van der Waals surface area contributed by atoms with Crippen LogP contribution in [0.25, 0.3) is 10.9 Å². The summed E-state index contributed by atoms with van der Waals surface area (Å²) in [6.07, 6.45) is 3.64. The summed E-state index contributed by atoms with van der Waals surface area (Å²) in [5.74, 6) is 0. The molecule has 0 aliphatic carbocycles. The number of hydrogen-bond acceptors (Lipinski definition) is 4. The van der Waals surface area contributed by atoms with E-state index in [-0.39, 0.29) is 0 Å². The number of thioether (sulfide) groups is 1. The molecule has 1 heterocycles. The number of hydrogen-bond donors (Lipinski definition) is 1. The molecule has 0 radical (unpaired) electrons. The zero-order valence-electron chi connectivity index (χ0n) is 9.92. The van der Waals surface area contributed by atoms with Gasteiger partial charge in [0.1, 0.15) is 0 Å². The van der Waals surface area contributed by atoms with E-state index in [1.807, 2.05) is 42.7 Å². The van der Waals surface area contributed by atoms with Crippen LogP contribution in [0.1, 0.15) is 5.69 Å². The van der Waals surface area contributed by atoms with Crippen LogP contribution in [-0.2, 0) is 6.54 Å². The maximum atomic E-state index is 8.50. The number of nitrogens with one attached hydrogen (secondary N) is 1. The first kappa shape index (κ1) is 12.4. The summed E-state index contributed by atoms with van der Waals surface area (Å²) in [5.41, 5.74) is 1.90. The normalized spacial score (nSPS) is 11.2. The van der Waals surface area contributed by atoms with Crippen molar-refractivity contribution in [1.29, 1.82) is 5.26 Å². The topological polar surface area (TPSA) is 61.1 Å². The van der Waals surface area contributed by atoms with Gasteiger partial charge in [0.05, 0.1) is 17.8 Å². The van der Waals surface area contributed by atoms with Gasteiger partial charge in [-0.3, -0.25) is 4.98 Å². The Balaban J connectivity index is 2.13. The Morgan fingerprint density at radius 1 is 1.39 bits per heavy atom. The Morgan fingerprint density at radius 3 is 3.00 bits per heavy atom. The van der Waals surface area contributed by atoms with E-state index in [1.165, 1.54) is 11.8 Å². The van der Waals surface area contributed by atoms with Crippen molar-refractivity contribution >= 4 is 27.8 Å². The van der Waals surface area contributed by atoms with Crippen molar-refractivity contribution in [3.8, 4) is 6.19 Å². The lowest BCUT2D eigenvalue weighted by Gasteiger charge is -2.06. The molecule has 2 rings (SSSR count). The maximum Gasteiger partial charge on any atom is 0.208 e. The Labute approximate surface area is 110 Å². The molecule has 5 heteroatoms. The van der Waals surface area contributed by atoms with Crippen molar-refractivity contribution in [3.05, 3.63) is 42.1 Å². The van der Waals surface area contributed by atoms with E-state index < -0.39 is 0 Å². The fourth-order valence-electron chi connectivity index (χ4n) is 1.58. The molecule has 0 aliphatic heterocycles. The summed E-state index contributed by atoms with van der Waals surface area (Å²) in [6.45, 7) is 0.562. The molecule has 0 amide bonds. The smallest absolute Gasteiger partial charge is 0.208 e. The van der Waals surface area contributed by atoms with Gasteiger partial charge in [-0.25, -0.2) is 0 Å². The highest BCUT2D eigenvalue weighted by molar-refractivity contribution is 8.13. The number of fused-ring (bicyclic) bond motifs is 1. The number of nitriles is 1. The van der Waals surface area contributed by atoms with Crippen LogP contribution in [0.3, 0.4) is 0 Å². The minimum Gasteiger partial charge on any atom is -0.358 e. The van der Waals surface area contributed by atoms with E-state index in [9.17, 15) is 0 Å². The molecule has 90 valence electrons. The predicted molar refractivity (Wildman–Crippen MR) is 75.1 cm³/mol. The third-order valence-corrected chi connectivity index (χ3v) is 3.04. The Bertz CT molecular complexity index is 616. The monoisotopic (exact) mass is 256 g/mol. The molecule has 18 heavy (non-hydrogen) atoms. The molecule has 0 aliphatic rings. The van der Waals surface area contributed by atoms with Crippen LogP contribution in [0.5, 0.6) is 0 Å². The lowest BCUT2D eigenvalue weighted by Crippen LogP contribution is -2.19. The fraction of sp³-hybridized carbons (Fsp3) is 0.154. The number of para-hydroxylation sites is 1. The number of aliphatic imine (C=N–C) groups is 1. The zero-order chi connectivity index (χ0) is 12.8.